The number of rotatable bonds is 9. The maximum absolute atomic E-state index is 12.1. The molecule has 138 valence electrons. The van der Waals surface area contributed by atoms with E-state index in [1.807, 2.05) is 43.3 Å². The first-order chi connectivity index (χ1) is 12.5. The summed E-state index contributed by atoms with van der Waals surface area (Å²) in [5, 5.41) is 2.87. The molecule has 26 heavy (non-hydrogen) atoms. The smallest absolute Gasteiger partial charge is 0.344 e. The molecule has 5 heteroatoms. The van der Waals surface area contributed by atoms with Crippen molar-refractivity contribution in [3.05, 3.63) is 66.2 Å². The van der Waals surface area contributed by atoms with E-state index in [0.717, 1.165) is 12.8 Å². The number of carbonyl (C=O) groups is 2. The molecule has 1 N–H and O–H groups in total. The first-order valence-corrected chi connectivity index (χ1v) is 8.76. The van der Waals surface area contributed by atoms with Crippen molar-refractivity contribution in [2.24, 2.45) is 0 Å². The lowest BCUT2D eigenvalue weighted by atomic mass is 10.1. The number of aryl methyl sites for hydroxylation is 1. The molecule has 0 aliphatic carbocycles. The van der Waals surface area contributed by atoms with Crippen LogP contribution in [0.25, 0.3) is 0 Å². The lowest BCUT2D eigenvalue weighted by Crippen LogP contribution is -2.41. The summed E-state index contributed by atoms with van der Waals surface area (Å²) >= 11 is 0. The van der Waals surface area contributed by atoms with Gasteiger partial charge in [-0.2, -0.15) is 0 Å². The molecule has 0 aliphatic rings. The highest BCUT2D eigenvalue weighted by atomic mass is 16.6. The van der Waals surface area contributed by atoms with Gasteiger partial charge in [-0.05, 0) is 44.4 Å². The van der Waals surface area contributed by atoms with Gasteiger partial charge in [-0.3, -0.25) is 4.79 Å². The zero-order valence-electron chi connectivity index (χ0n) is 15.2. The Bertz CT molecular complexity index is 688. The minimum absolute atomic E-state index is 0.00979. The first-order valence-electron chi connectivity index (χ1n) is 8.76. The summed E-state index contributed by atoms with van der Waals surface area (Å²) in [7, 11) is 0. The highest BCUT2D eigenvalue weighted by Gasteiger charge is 2.19. The van der Waals surface area contributed by atoms with E-state index in [1.54, 1.807) is 19.1 Å². The molecule has 0 spiro atoms. The van der Waals surface area contributed by atoms with E-state index in [-0.39, 0.29) is 18.6 Å². The van der Waals surface area contributed by atoms with Crippen LogP contribution in [-0.2, 0) is 20.7 Å². The van der Waals surface area contributed by atoms with Crippen LogP contribution in [0.3, 0.4) is 0 Å². The van der Waals surface area contributed by atoms with Gasteiger partial charge in [0.25, 0.3) is 5.91 Å². The van der Waals surface area contributed by atoms with Crippen molar-refractivity contribution < 1.29 is 19.1 Å². The second-order valence-corrected chi connectivity index (χ2v) is 6.17. The molecular formula is C21H25NO4. The number of hydrogen-bond donors (Lipinski definition) is 1. The molecule has 0 radical (unpaired) electrons. The summed E-state index contributed by atoms with van der Waals surface area (Å²) in [6.07, 6.45) is 0.829. The van der Waals surface area contributed by atoms with E-state index in [9.17, 15) is 9.59 Å². The molecule has 0 saturated heterocycles. The molecule has 2 rings (SSSR count). The average molecular weight is 355 g/mol. The van der Waals surface area contributed by atoms with Crippen LogP contribution in [-0.4, -0.2) is 30.6 Å². The monoisotopic (exact) mass is 355 g/mol. The Hall–Kier alpha value is -2.82. The Morgan fingerprint density at radius 3 is 2.23 bits per heavy atom. The topological polar surface area (TPSA) is 64.6 Å². The number of para-hydroxylation sites is 1. The maximum atomic E-state index is 12.1. The molecular weight excluding hydrogens is 330 g/mol. The summed E-state index contributed by atoms with van der Waals surface area (Å²) in [6.45, 7) is 3.26. The minimum Gasteiger partial charge on any atom is -0.482 e. The van der Waals surface area contributed by atoms with Gasteiger partial charge in [0.2, 0.25) is 0 Å². The quantitative estimate of drug-likeness (QED) is 0.702. The second kappa shape index (κ2) is 10.2. The number of ether oxygens (including phenoxy) is 2. The second-order valence-electron chi connectivity index (χ2n) is 6.17. The number of benzene rings is 2. The standard InChI is InChI=1S/C21H25NO4/c1-16(13-14-18-9-5-3-6-10-18)22-21(24)17(2)26-20(23)15-25-19-11-7-4-8-12-19/h3-12,16-17H,13-15H2,1-2H3,(H,22,24)/t16-,17+/m0/s1. The Balaban J connectivity index is 1.68. The molecule has 0 aromatic heterocycles. The predicted molar refractivity (Wildman–Crippen MR) is 99.9 cm³/mol. The Morgan fingerprint density at radius 2 is 1.58 bits per heavy atom. The normalized spacial score (nSPS) is 12.7. The van der Waals surface area contributed by atoms with Gasteiger partial charge >= 0.3 is 5.97 Å². The van der Waals surface area contributed by atoms with Crippen LogP contribution in [0, 0.1) is 0 Å². The van der Waals surface area contributed by atoms with Crippen LogP contribution in [0.1, 0.15) is 25.8 Å². The van der Waals surface area contributed by atoms with Crippen LogP contribution in [0.4, 0.5) is 0 Å². The molecule has 0 fully saturated rings. The highest BCUT2D eigenvalue weighted by Crippen LogP contribution is 2.08. The van der Waals surface area contributed by atoms with Gasteiger partial charge in [-0.1, -0.05) is 48.5 Å². The van der Waals surface area contributed by atoms with Crippen molar-refractivity contribution in [3.63, 3.8) is 0 Å². The van der Waals surface area contributed by atoms with E-state index in [2.05, 4.69) is 17.4 Å². The van der Waals surface area contributed by atoms with Gasteiger partial charge < -0.3 is 14.8 Å². The Kier molecular flexibility index (Phi) is 7.68. The van der Waals surface area contributed by atoms with Gasteiger partial charge in [0.05, 0.1) is 0 Å². The third-order valence-corrected chi connectivity index (χ3v) is 3.87. The number of carbonyl (C=O) groups excluding carboxylic acids is 2. The number of amides is 1. The van der Waals surface area contributed by atoms with Crippen molar-refractivity contribution in [2.45, 2.75) is 38.8 Å². The van der Waals surface area contributed by atoms with E-state index in [0.29, 0.717) is 5.75 Å². The average Bonchev–Trinajstić information content (AvgIpc) is 2.66. The Morgan fingerprint density at radius 1 is 0.962 bits per heavy atom. The molecule has 0 aliphatic heterocycles. The summed E-state index contributed by atoms with van der Waals surface area (Å²) in [5.41, 5.74) is 1.23. The van der Waals surface area contributed by atoms with Gasteiger partial charge in [-0.15, -0.1) is 0 Å². The molecule has 0 heterocycles. The number of nitrogens with one attached hydrogen (secondary N) is 1. The SMILES string of the molecule is C[C@@H](CCc1ccccc1)NC(=O)[C@@H](C)OC(=O)COc1ccccc1. The van der Waals surface area contributed by atoms with Crippen LogP contribution in [0.15, 0.2) is 60.7 Å². The third kappa shape index (κ3) is 6.97. The van der Waals surface area contributed by atoms with E-state index < -0.39 is 12.1 Å². The fourth-order valence-electron chi connectivity index (χ4n) is 2.40. The van der Waals surface area contributed by atoms with Crippen molar-refractivity contribution in [3.8, 4) is 5.75 Å². The summed E-state index contributed by atoms with van der Waals surface area (Å²) in [5.74, 6) is -0.303. The van der Waals surface area contributed by atoms with Gasteiger partial charge in [-0.25, -0.2) is 4.79 Å². The van der Waals surface area contributed by atoms with E-state index in [1.165, 1.54) is 5.56 Å². The number of hydrogen-bond acceptors (Lipinski definition) is 4. The lowest BCUT2D eigenvalue weighted by Gasteiger charge is -2.18. The summed E-state index contributed by atoms with van der Waals surface area (Å²) in [4.78, 5) is 23.9. The third-order valence-electron chi connectivity index (χ3n) is 3.87. The minimum atomic E-state index is -0.860. The predicted octanol–water partition coefficient (Wildman–Crippen LogP) is 3.13. The highest BCUT2D eigenvalue weighted by molar-refractivity contribution is 5.83. The van der Waals surface area contributed by atoms with E-state index in [4.69, 9.17) is 9.47 Å². The molecule has 2 atom stereocenters. The molecule has 0 unspecified atom stereocenters. The first kappa shape index (κ1) is 19.5. The van der Waals surface area contributed by atoms with Crippen LogP contribution in [0.5, 0.6) is 5.75 Å². The Labute approximate surface area is 154 Å². The maximum Gasteiger partial charge on any atom is 0.344 e. The molecule has 0 bridgehead atoms. The van der Waals surface area contributed by atoms with E-state index >= 15 is 0 Å². The van der Waals surface area contributed by atoms with Crippen molar-refractivity contribution in [1.29, 1.82) is 0 Å². The molecule has 2 aromatic rings. The van der Waals surface area contributed by atoms with Gasteiger partial charge in [0.15, 0.2) is 12.7 Å². The lowest BCUT2D eigenvalue weighted by molar-refractivity contribution is -0.156. The van der Waals surface area contributed by atoms with Crippen LogP contribution in [0.2, 0.25) is 0 Å². The largest absolute Gasteiger partial charge is 0.482 e. The van der Waals surface area contributed by atoms with Gasteiger partial charge in [0.1, 0.15) is 5.75 Å². The van der Waals surface area contributed by atoms with Gasteiger partial charge in [0, 0.05) is 6.04 Å². The molecule has 0 saturated carbocycles. The van der Waals surface area contributed by atoms with Crippen LogP contribution >= 0.6 is 0 Å². The van der Waals surface area contributed by atoms with Crippen molar-refractivity contribution in [2.75, 3.05) is 6.61 Å². The van der Waals surface area contributed by atoms with Crippen molar-refractivity contribution >= 4 is 11.9 Å². The summed E-state index contributed by atoms with van der Waals surface area (Å²) < 4.78 is 10.4. The molecule has 1 amide bonds. The van der Waals surface area contributed by atoms with Crippen molar-refractivity contribution in [1.82, 2.24) is 5.32 Å². The van der Waals surface area contributed by atoms with Crippen LogP contribution < -0.4 is 10.1 Å². The number of esters is 1. The fourth-order valence-corrected chi connectivity index (χ4v) is 2.40. The fraction of sp³-hybridized carbons (Fsp3) is 0.333. The zero-order valence-corrected chi connectivity index (χ0v) is 15.2. The molecule has 5 nitrogen and oxygen atoms in total. The zero-order chi connectivity index (χ0) is 18.8. The summed E-state index contributed by atoms with van der Waals surface area (Å²) in [6, 6.07) is 19.1. The molecule has 2 aromatic carbocycles.